The number of rotatable bonds is 6. The van der Waals surface area contributed by atoms with Gasteiger partial charge in [0.2, 0.25) is 0 Å². The molecule has 0 saturated heterocycles. The van der Waals surface area contributed by atoms with Crippen molar-refractivity contribution in [1.29, 1.82) is 0 Å². The molecule has 13 heavy (non-hydrogen) atoms. The number of aliphatic hydroxyl groups is 1. The minimum Gasteiger partial charge on any atom is -0.400 e. The Hall–Kier alpha value is 0.0169. The van der Waals surface area contributed by atoms with E-state index in [1.807, 2.05) is 0 Å². The van der Waals surface area contributed by atoms with Gasteiger partial charge in [-0.05, 0) is 13.0 Å². The van der Waals surface area contributed by atoms with Crippen LogP contribution in [0.4, 0.5) is 0 Å². The molecule has 0 aromatic rings. The highest BCUT2D eigenvalue weighted by atomic mass is 28.4. The third kappa shape index (κ3) is 6.14. The lowest BCUT2D eigenvalue weighted by molar-refractivity contribution is 0.123. The summed E-state index contributed by atoms with van der Waals surface area (Å²) in [5.41, 5.74) is 5.36. The highest BCUT2D eigenvalue weighted by Crippen LogP contribution is 2.13. The molecular formula is C7H21NO4Si. The maximum Gasteiger partial charge on any atom is 0.500 e. The highest BCUT2D eigenvalue weighted by Gasteiger charge is 2.36. The van der Waals surface area contributed by atoms with Gasteiger partial charge in [0.25, 0.3) is 0 Å². The molecule has 0 aliphatic rings. The van der Waals surface area contributed by atoms with Crippen LogP contribution in [-0.4, -0.2) is 48.9 Å². The van der Waals surface area contributed by atoms with Crippen molar-refractivity contribution in [3.8, 4) is 0 Å². The van der Waals surface area contributed by atoms with Gasteiger partial charge >= 0.3 is 8.80 Å². The van der Waals surface area contributed by atoms with E-state index in [1.54, 1.807) is 21.3 Å². The summed E-state index contributed by atoms with van der Waals surface area (Å²) in [5, 5.41) is 7.00. The van der Waals surface area contributed by atoms with Crippen LogP contribution in [0.25, 0.3) is 0 Å². The van der Waals surface area contributed by atoms with Gasteiger partial charge in [-0.2, -0.15) is 0 Å². The molecular weight excluding hydrogens is 190 g/mol. The minimum atomic E-state index is -2.32. The third-order valence-electron chi connectivity index (χ3n) is 1.62. The summed E-state index contributed by atoms with van der Waals surface area (Å²) in [5.74, 6) is 0. The van der Waals surface area contributed by atoms with E-state index in [9.17, 15) is 0 Å². The van der Waals surface area contributed by atoms with Crippen LogP contribution in [0, 0.1) is 0 Å². The Kier molecular flexibility index (Phi) is 12.0. The lowest BCUT2D eigenvalue weighted by atomic mass is 10.5. The van der Waals surface area contributed by atoms with Crippen LogP contribution in [0.5, 0.6) is 0 Å². The molecule has 0 saturated carbocycles. The smallest absolute Gasteiger partial charge is 0.400 e. The fourth-order valence-electron chi connectivity index (χ4n) is 0.875. The molecule has 0 unspecified atom stereocenters. The van der Waals surface area contributed by atoms with Crippen LogP contribution < -0.4 is 5.73 Å². The van der Waals surface area contributed by atoms with E-state index in [-0.39, 0.29) is 0 Å². The molecule has 82 valence electrons. The molecule has 0 rings (SSSR count). The predicted molar refractivity (Wildman–Crippen MR) is 53.4 cm³/mol. The fraction of sp³-hybridized carbons (Fsp3) is 1.00. The van der Waals surface area contributed by atoms with E-state index in [2.05, 4.69) is 0 Å². The lowest BCUT2D eigenvalue weighted by Crippen LogP contribution is -2.42. The molecule has 0 aromatic carbocycles. The SMILES string of the molecule is CO.CO[Si](CCCN)(OC)OC. The molecule has 5 nitrogen and oxygen atoms in total. The van der Waals surface area contributed by atoms with Crippen molar-refractivity contribution < 1.29 is 18.4 Å². The summed E-state index contributed by atoms with van der Waals surface area (Å²) in [6.45, 7) is 0.644. The van der Waals surface area contributed by atoms with Crippen LogP contribution in [0.2, 0.25) is 6.04 Å². The Labute approximate surface area is 81.2 Å². The average Bonchev–Trinajstić information content (AvgIpc) is 2.24. The summed E-state index contributed by atoms with van der Waals surface area (Å²) in [6, 6.07) is 0.785. The van der Waals surface area contributed by atoms with Crippen LogP contribution >= 0.6 is 0 Å². The first kappa shape index (κ1) is 15.5. The second-order valence-electron chi connectivity index (χ2n) is 2.19. The molecule has 0 aromatic heterocycles. The van der Waals surface area contributed by atoms with Gasteiger partial charge in [0.15, 0.2) is 0 Å². The van der Waals surface area contributed by atoms with E-state index in [1.165, 1.54) is 0 Å². The number of hydrogen-bond donors (Lipinski definition) is 2. The van der Waals surface area contributed by atoms with Crippen molar-refractivity contribution in [2.24, 2.45) is 5.73 Å². The van der Waals surface area contributed by atoms with E-state index in [0.29, 0.717) is 6.54 Å². The van der Waals surface area contributed by atoms with Crippen molar-refractivity contribution in [1.82, 2.24) is 0 Å². The zero-order valence-electron chi connectivity index (χ0n) is 8.87. The number of aliphatic hydroxyl groups excluding tert-OH is 1. The van der Waals surface area contributed by atoms with Crippen LogP contribution in [-0.2, 0) is 13.3 Å². The maximum atomic E-state index is 7.00. The first-order valence-corrected chi connectivity index (χ1v) is 5.98. The Balaban J connectivity index is 0. The van der Waals surface area contributed by atoms with E-state index in [4.69, 9.17) is 24.1 Å². The zero-order chi connectivity index (χ0) is 10.7. The minimum absolute atomic E-state index is 0.644. The van der Waals surface area contributed by atoms with Crippen molar-refractivity contribution in [2.75, 3.05) is 35.0 Å². The molecule has 3 N–H and O–H groups in total. The zero-order valence-corrected chi connectivity index (χ0v) is 9.87. The molecule has 0 heterocycles. The van der Waals surface area contributed by atoms with Crippen LogP contribution in [0.3, 0.4) is 0 Å². The first-order valence-electron chi connectivity index (χ1n) is 4.05. The normalized spacial score (nSPS) is 10.6. The molecule has 0 amide bonds. The van der Waals surface area contributed by atoms with Gasteiger partial charge in [-0.15, -0.1) is 0 Å². The van der Waals surface area contributed by atoms with Gasteiger partial charge in [0, 0.05) is 34.5 Å². The molecule has 0 spiro atoms. The fourth-order valence-corrected chi connectivity index (χ4v) is 2.62. The van der Waals surface area contributed by atoms with Crippen molar-refractivity contribution in [2.45, 2.75) is 12.5 Å². The number of hydrogen-bond acceptors (Lipinski definition) is 5. The Morgan fingerprint density at radius 1 is 1.08 bits per heavy atom. The quantitative estimate of drug-likeness (QED) is 0.596. The summed E-state index contributed by atoms with van der Waals surface area (Å²) < 4.78 is 15.5. The van der Waals surface area contributed by atoms with Crippen LogP contribution in [0.15, 0.2) is 0 Å². The van der Waals surface area contributed by atoms with E-state index in [0.717, 1.165) is 19.6 Å². The van der Waals surface area contributed by atoms with Gasteiger partial charge in [0.1, 0.15) is 0 Å². The van der Waals surface area contributed by atoms with Gasteiger partial charge in [-0.3, -0.25) is 0 Å². The molecule has 0 atom stereocenters. The summed E-state index contributed by atoms with van der Waals surface area (Å²) in [4.78, 5) is 0. The van der Waals surface area contributed by atoms with E-state index >= 15 is 0 Å². The third-order valence-corrected chi connectivity index (χ3v) is 4.45. The molecule has 0 aliphatic carbocycles. The summed E-state index contributed by atoms with van der Waals surface area (Å²) in [7, 11) is 3.50. The average molecular weight is 211 g/mol. The summed E-state index contributed by atoms with van der Waals surface area (Å²) >= 11 is 0. The van der Waals surface area contributed by atoms with E-state index < -0.39 is 8.80 Å². The Bertz CT molecular complexity index is 92.2. The molecule has 0 radical (unpaired) electrons. The number of nitrogens with two attached hydrogens (primary N) is 1. The molecule has 0 bridgehead atoms. The van der Waals surface area contributed by atoms with Gasteiger partial charge in [-0.1, -0.05) is 0 Å². The van der Waals surface area contributed by atoms with Gasteiger partial charge in [-0.25, -0.2) is 0 Å². The van der Waals surface area contributed by atoms with Crippen molar-refractivity contribution in [3.63, 3.8) is 0 Å². The Morgan fingerprint density at radius 3 is 1.69 bits per heavy atom. The Morgan fingerprint density at radius 2 is 1.46 bits per heavy atom. The largest absolute Gasteiger partial charge is 0.500 e. The highest BCUT2D eigenvalue weighted by molar-refractivity contribution is 6.60. The molecule has 6 heteroatoms. The van der Waals surface area contributed by atoms with Crippen LogP contribution in [0.1, 0.15) is 6.42 Å². The second kappa shape index (κ2) is 10.1. The standard InChI is InChI=1S/C6H17NO3Si.CH4O/c1-8-11(9-2,10-3)6-4-5-7;1-2/h4-7H2,1-3H3;2H,1H3. The van der Waals surface area contributed by atoms with Gasteiger partial charge in [0.05, 0.1) is 0 Å². The molecule has 0 aliphatic heterocycles. The topological polar surface area (TPSA) is 73.9 Å². The maximum absolute atomic E-state index is 7.00. The van der Waals surface area contributed by atoms with Gasteiger partial charge < -0.3 is 24.1 Å². The van der Waals surface area contributed by atoms with Crippen molar-refractivity contribution in [3.05, 3.63) is 0 Å². The lowest BCUT2D eigenvalue weighted by Gasteiger charge is -2.23. The second-order valence-corrected chi connectivity index (χ2v) is 5.28. The molecule has 0 fully saturated rings. The van der Waals surface area contributed by atoms with Crippen molar-refractivity contribution >= 4 is 8.80 Å². The monoisotopic (exact) mass is 211 g/mol. The first-order chi connectivity index (χ1) is 6.24. The summed E-state index contributed by atoms with van der Waals surface area (Å²) in [6.07, 6.45) is 0.877. The predicted octanol–water partition coefficient (Wildman–Crippen LogP) is -0.178.